The summed E-state index contributed by atoms with van der Waals surface area (Å²) in [5.74, 6) is -0.288. The van der Waals surface area contributed by atoms with E-state index in [9.17, 15) is 17.6 Å². The first-order chi connectivity index (χ1) is 18.2. The maximum Gasteiger partial charge on any atom is 0.264 e. The average molecular weight is 535 g/mol. The van der Waals surface area contributed by atoms with Gasteiger partial charge in [0.2, 0.25) is 0 Å². The largest absolute Gasteiger partial charge is 0.336 e. The molecule has 1 saturated heterocycles. The van der Waals surface area contributed by atoms with Crippen LogP contribution < -0.4 is 4.72 Å². The van der Waals surface area contributed by atoms with Crippen molar-refractivity contribution < 1.29 is 17.6 Å². The summed E-state index contributed by atoms with van der Waals surface area (Å²) in [6.07, 6.45) is 3.30. The third kappa shape index (κ3) is 5.49. The molecule has 0 atom stereocenters. The van der Waals surface area contributed by atoms with Gasteiger partial charge in [-0.25, -0.2) is 12.8 Å². The van der Waals surface area contributed by atoms with Gasteiger partial charge >= 0.3 is 0 Å². The van der Waals surface area contributed by atoms with Crippen LogP contribution in [0.1, 0.15) is 39.0 Å². The number of aliphatic imine (C=N–C) groups is 1. The molecule has 2 aliphatic rings. The van der Waals surface area contributed by atoms with Crippen molar-refractivity contribution in [2.24, 2.45) is 4.99 Å². The highest BCUT2D eigenvalue weighted by atomic mass is 32.2. The van der Waals surface area contributed by atoms with E-state index >= 15 is 0 Å². The zero-order valence-electron chi connectivity index (χ0n) is 21.6. The number of halogens is 1. The van der Waals surface area contributed by atoms with E-state index in [4.69, 9.17) is 0 Å². The Morgan fingerprint density at radius 3 is 2.53 bits per heavy atom. The molecule has 0 aromatic heterocycles. The van der Waals surface area contributed by atoms with Crippen LogP contribution in [0.3, 0.4) is 0 Å². The topological polar surface area (TPSA) is 82.1 Å². The van der Waals surface area contributed by atoms with Gasteiger partial charge in [-0.15, -0.1) is 0 Å². The Morgan fingerprint density at radius 1 is 1.00 bits per heavy atom. The molecule has 0 spiro atoms. The molecule has 0 saturated carbocycles. The van der Waals surface area contributed by atoms with Crippen LogP contribution in [0.5, 0.6) is 0 Å². The molecule has 3 aromatic carbocycles. The van der Waals surface area contributed by atoms with Gasteiger partial charge in [0.05, 0.1) is 11.4 Å². The molecule has 1 N–H and O–H groups in total. The summed E-state index contributed by atoms with van der Waals surface area (Å²) in [5, 5.41) is 0. The quantitative estimate of drug-likeness (QED) is 0.490. The summed E-state index contributed by atoms with van der Waals surface area (Å²) in [6, 6.07) is 15.5. The lowest BCUT2D eigenvalue weighted by Crippen LogP contribution is -2.48. The first-order valence-corrected chi connectivity index (χ1v) is 14.2. The zero-order chi connectivity index (χ0) is 26.9. The fraction of sp³-hybridized carbons (Fsp3) is 0.310. The van der Waals surface area contributed by atoms with Crippen LogP contribution in [0, 0.1) is 19.7 Å². The monoisotopic (exact) mass is 534 g/mol. The number of nitrogens with one attached hydrogen (secondary N) is 1. The zero-order valence-corrected chi connectivity index (χ0v) is 22.4. The highest BCUT2D eigenvalue weighted by molar-refractivity contribution is 7.92. The maximum atomic E-state index is 13.9. The lowest BCUT2D eigenvalue weighted by Gasteiger charge is -2.35. The van der Waals surface area contributed by atoms with Crippen molar-refractivity contribution >= 4 is 33.5 Å². The van der Waals surface area contributed by atoms with Gasteiger partial charge in [0.15, 0.2) is 0 Å². The minimum absolute atomic E-state index is 0.0880. The van der Waals surface area contributed by atoms with Crippen LogP contribution in [0.25, 0.3) is 0 Å². The van der Waals surface area contributed by atoms with Gasteiger partial charge in [0.1, 0.15) is 10.7 Å². The third-order valence-electron chi connectivity index (χ3n) is 7.15. The molecule has 38 heavy (non-hydrogen) atoms. The molecular formula is C29H31FN4O3S. The molecule has 0 unspecified atom stereocenters. The Kier molecular flexibility index (Phi) is 7.32. The van der Waals surface area contributed by atoms with Crippen LogP contribution in [-0.4, -0.2) is 56.5 Å². The number of para-hydroxylation sites is 1. The van der Waals surface area contributed by atoms with E-state index in [1.807, 2.05) is 12.1 Å². The van der Waals surface area contributed by atoms with Crippen LogP contribution >= 0.6 is 0 Å². The minimum Gasteiger partial charge on any atom is -0.336 e. The Balaban J connectivity index is 1.23. The SMILES string of the molecule is Cc1ccc(CN2CCN(C(=O)c3ccc(NS(=O)(=O)c4cccc5c4N=CCC5)c(C)c3)CC2)cc1F. The molecule has 1 amide bonds. The van der Waals surface area contributed by atoms with Crippen molar-refractivity contribution in [3.8, 4) is 0 Å². The average Bonchev–Trinajstić information content (AvgIpc) is 2.91. The second kappa shape index (κ2) is 10.7. The maximum absolute atomic E-state index is 13.9. The van der Waals surface area contributed by atoms with Crippen molar-refractivity contribution in [1.82, 2.24) is 9.80 Å². The van der Waals surface area contributed by atoms with E-state index < -0.39 is 10.0 Å². The van der Waals surface area contributed by atoms with Crippen molar-refractivity contribution in [1.29, 1.82) is 0 Å². The molecule has 3 aromatic rings. The molecule has 2 aliphatic heterocycles. The second-order valence-corrected chi connectivity index (χ2v) is 11.6. The normalized spacial score (nSPS) is 15.8. The smallest absolute Gasteiger partial charge is 0.264 e. The van der Waals surface area contributed by atoms with Crippen LogP contribution in [0.2, 0.25) is 0 Å². The minimum atomic E-state index is -3.86. The fourth-order valence-corrected chi connectivity index (χ4v) is 6.23. The number of nitrogens with zero attached hydrogens (tertiary/aromatic N) is 3. The number of hydrogen-bond acceptors (Lipinski definition) is 5. The number of anilines is 1. The van der Waals surface area contributed by atoms with E-state index in [0.29, 0.717) is 60.8 Å². The Labute approximate surface area is 223 Å². The Hall–Kier alpha value is -3.56. The van der Waals surface area contributed by atoms with Crippen molar-refractivity contribution in [2.75, 3.05) is 30.9 Å². The Bertz CT molecular complexity index is 1510. The van der Waals surface area contributed by atoms with Crippen molar-refractivity contribution in [3.05, 3.63) is 88.2 Å². The number of fused-ring (bicyclic) bond motifs is 1. The van der Waals surface area contributed by atoms with Crippen molar-refractivity contribution in [2.45, 2.75) is 38.1 Å². The molecule has 9 heteroatoms. The van der Waals surface area contributed by atoms with E-state index in [1.54, 1.807) is 67.4 Å². The first-order valence-electron chi connectivity index (χ1n) is 12.8. The predicted molar refractivity (Wildman–Crippen MR) is 147 cm³/mol. The summed E-state index contributed by atoms with van der Waals surface area (Å²) in [5.41, 5.74) is 4.56. The molecule has 1 fully saturated rings. The Morgan fingerprint density at radius 2 is 1.79 bits per heavy atom. The van der Waals surface area contributed by atoms with Gasteiger partial charge in [0.25, 0.3) is 15.9 Å². The van der Waals surface area contributed by atoms with Gasteiger partial charge in [-0.05, 0) is 79.3 Å². The molecule has 0 aliphatic carbocycles. The summed E-state index contributed by atoms with van der Waals surface area (Å²) in [6.45, 7) is 6.71. The summed E-state index contributed by atoms with van der Waals surface area (Å²) >= 11 is 0. The van der Waals surface area contributed by atoms with Gasteiger partial charge in [-0.2, -0.15) is 0 Å². The molecule has 198 valence electrons. The predicted octanol–water partition coefficient (Wildman–Crippen LogP) is 4.85. The summed E-state index contributed by atoms with van der Waals surface area (Å²) in [4.78, 5) is 21.7. The van der Waals surface area contributed by atoms with Gasteiger partial charge < -0.3 is 4.90 Å². The number of sulfonamides is 1. The number of carbonyl (C=O) groups excluding carboxylic acids is 1. The highest BCUT2D eigenvalue weighted by Gasteiger charge is 2.25. The molecule has 5 rings (SSSR count). The summed E-state index contributed by atoms with van der Waals surface area (Å²) in [7, 11) is -3.86. The van der Waals surface area contributed by atoms with Gasteiger partial charge in [0, 0.05) is 44.5 Å². The van der Waals surface area contributed by atoms with E-state index in [0.717, 1.165) is 24.0 Å². The molecule has 0 bridgehead atoms. The van der Waals surface area contributed by atoms with E-state index in [2.05, 4.69) is 14.6 Å². The highest BCUT2D eigenvalue weighted by Crippen LogP contribution is 2.33. The summed E-state index contributed by atoms with van der Waals surface area (Å²) < 4.78 is 43.0. The standard InChI is InChI=1S/C29H31FN4O3S/c1-20-8-9-22(18-25(20)30)19-33-13-15-34(16-14-33)29(35)24-10-11-26(21(2)17-24)32-38(36,37)27-7-3-5-23-6-4-12-31-28(23)27/h3,5,7-12,17-18,32H,4,6,13-16,19H2,1-2H3. The van der Waals surface area contributed by atoms with E-state index in [1.165, 1.54) is 0 Å². The number of rotatable bonds is 6. The number of amides is 1. The van der Waals surface area contributed by atoms with Crippen LogP contribution in [0.4, 0.5) is 15.8 Å². The number of benzene rings is 3. The number of hydrogen-bond donors (Lipinski definition) is 1. The lowest BCUT2D eigenvalue weighted by molar-refractivity contribution is 0.0628. The van der Waals surface area contributed by atoms with Gasteiger partial charge in [-0.1, -0.05) is 24.3 Å². The molecular weight excluding hydrogens is 503 g/mol. The van der Waals surface area contributed by atoms with E-state index in [-0.39, 0.29) is 16.6 Å². The van der Waals surface area contributed by atoms with Crippen molar-refractivity contribution in [3.63, 3.8) is 0 Å². The molecule has 2 heterocycles. The number of aryl methyl sites for hydroxylation is 3. The number of piperazine rings is 1. The number of carbonyl (C=O) groups is 1. The van der Waals surface area contributed by atoms with Gasteiger partial charge in [-0.3, -0.25) is 19.4 Å². The molecule has 7 nitrogen and oxygen atoms in total. The lowest BCUT2D eigenvalue weighted by atomic mass is 10.1. The fourth-order valence-electron chi connectivity index (χ4n) is 4.90. The first kappa shape index (κ1) is 26.1. The second-order valence-electron chi connectivity index (χ2n) is 9.90. The molecule has 0 radical (unpaired) electrons. The van der Waals surface area contributed by atoms with Crippen LogP contribution in [-0.2, 0) is 23.0 Å². The third-order valence-corrected chi connectivity index (χ3v) is 8.55. The van der Waals surface area contributed by atoms with Crippen LogP contribution in [0.15, 0.2) is 64.5 Å².